The zero-order valence-corrected chi connectivity index (χ0v) is 9.80. The van der Waals surface area contributed by atoms with Crippen LogP contribution in [0, 0.1) is 5.92 Å². The quantitative estimate of drug-likeness (QED) is 0.650. The highest BCUT2D eigenvalue weighted by atomic mass is 16.5. The molecule has 0 bridgehead atoms. The van der Waals surface area contributed by atoms with Crippen LogP contribution in [-0.4, -0.2) is 48.6 Å². The lowest BCUT2D eigenvalue weighted by molar-refractivity contribution is -0.123. The molecule has 2 unspecified atom stereocenters. The minimum atomic E-state index is -0.361. The molecule has 4 N–H and O–H groups in total. The minimum absolute atomic E-state index is 0.254. The van der Waals surface area contributed by atoms with Gasteiger partial charge in [0, 0.05) is 25.8 Å². The molecule has 2 saturated heterocycles. The molecule has 0 aromatic heterocycles. The summed E-state index contributed by atoms with van der Waals surface area (Å²) >= 11 is 0. The van der Waals surface area contributed by atoms with Crippen molar-refractivity contribution in [2.45, 2.75) is 31.3 Å². The van der Waals surface area contributed by atoms with Crippen LogP contribution in [-0.2, 0) is 14.3 Å². The average Bonchev–Trinajstić information content (AvgIpc) is 2.75. The van der Waals surface area contributed by atoms with Gasteiger partial charge in [0.2, 0.25) is 11.8 Å². The van der Waals surface area contributed by atoms with E-state index < -0.39 is 0 Å². The molecule has 17 heavy (non-hydrogen) atoms. The molecule has 0 aromatic carbocycles. The van der Waals surface area contributed by atoms with Gasteiger partial charge < -0.3 is 16.2 Å². The monoisotopic (exact) mass is 241 g/mol. The van der Waals surface area contributed by atoms with Gasteiger partial charge in [-0.25, -0.2) is 0 Å². The predicted octanol–water partition coefficient (Wildman–Crippen LogP) is -1.17. The largest absolute Gasteiger partial charge is 0.381 e. The van der Waals surface area contributed by atoms with E-state index in [2.05, 4.69) is 0 Å². The Balaban J connectivity index is 2.07. The number of primary amides is 2. The Morgan fingerprint density at radius 3 is 2.29 bits per heavy atom. The highest BCUT2D eigenvalue weighted by Crippen LogP contribution is 2.28. The van der Waals surface area contributed by atoms with Crippen molar-refractivity contribution in [2.24, 2.45) is 17.4 Å². The van der Waals surface area contributed by atoms with Gasteiger partial charge in [-0.3, -0.25) is 14.5 Å². The maximum atomic E-state index is 11.4. The second-order valence-electron chi connectivity index (χ2n) is 4.79. The molecule has 2 rings (SSSR count). The molecule has 0 radical (unpaired) electrons. The standard InChI is InChI=1S/C11H19N3O3/c12-10(15)7-5-9(11(13)16)14(6-7)8-1-3-17-4-2-8/h7-9H,1-6H2,(H2,12,15)(H2,13,16). The van der Waals surface area contributed by atoms with Gasteiger partial charge in [0.15, 0.2) is 0 Å². The lowest BCUT2D eigenvalue weighted by atomic mass is 10.0. The van der Waals surface area contributed by atoms with Gasteiger partial charge in [0.1, 0.15) is 0 Å². The molecule has 0 saturated carbocycles. The van der Waals surface area contributed by atoms with Crippen LogP contribution >= 0.6 is 0 Å². The van der Waals surface area contributed by atoms with Crippen LogP contribution in [0.3, 0.4) is 0 Å². The fraction of sp³-hybridized carbons (Fsp3) is 0.818. The number of nitrogens with zero attached hydrogens (tertiary/aromatic N) is 1. The maximum Gasteiger partial charge on any atom is 0.234 e. The van der Waals surface area contributed by atoms with Crippen molar-refractivity contribution >= 4 is 11.8 Å². The number of carbonyl (C=O) groups is 2. The van der Waals surface area contributed by atoms with E-state index in [0.717, 1.165) is 12.8 Å². The SMILES string of the molecule is NC(=O)C1CC(C(N)=O)N(C2CCOCC2)C1. The van der Waals surface area contributed by atoms with Crippen LogP contribution in [0.25, 0.3) is 0 Å². The molecule has 2 atom stereocenters. The third kappa shape index (κ3) is 2.58. The van der Waals surface area contributed by atoms with Crippen LogP contribution < -0.4 is 11.5 Å². The number of hydrogen-bond acceptors (Lipinski definition) is 4. The number of rotatable bonds is 3. The molecular weight excluding hydrogens is 222 g/mol. The fourth-order valence-electron chi connectivity index (χ4n) is 2.77. The molecule has 0 aromatic rings. The smallest absolute Gasteiger partial charge is 0.234 e. The first kappa shape index (κ1) is 12.3. The Morgan fingerprint density at radius 1 is 1.12 bits per heavy atom. The summed E-state index contributed by atoms with van der Waals surface area (Å²) in [6.07, 6.45) is 2.23. The fourth-order valence-corrected chi connectivity index (χ4v) is 2.77. The number of amides is 2. The second kappa shape index (κ2) is 5.01. The molecular formula is C11H19N3O3. The first-order valence-corrected chi connectivity index (χ1v) is 6.01. The highest BCUT2D eigenvalue weighted by Gasteiger charge is 2.41. The lowest BCUT2D eigenvalue weighted by Gasteiger charge is -2.34. The lowest BCUT2D eigenvalue weighted by Crippen LogP contribution is -2.48. The molecule has 96 valence electrons. The van der Waals surface area contributed by atoms with E-state index in [-0.39, 0.29) is 29.8 Å². The molecule has 6 heteroatoms. The summed E-state index contributed by atoms with van der Waals surface area (Å²) in [5, 5.41) is 0. The molecule has 2 fully saturated rings. The topological polar surface area (TPSA) is 98.7 Å². The molecule has 6 nitrogen and oxygen atoms in total. The van der Waals surface area contributed by atoms with Crippen molar-refractivity contribution in [1.29, 1.82) is 0 Å². The van der Waals surface area contributed by atoms with Crippen LogP contribution in [0.5, 0.6) is 0 Å². The predicted molar refractivity (Wildman–Crippen MR) is 60.8 cm³/mol. The molecule has 2 amide bonds. The minimum Gasteiger partial charge on any atom is -0.381 e. The zero-order chi connectivity index (χ0) is 12.4. The first-order chi connectivity index (χ1) is 8.09. The Morgan fingerprint density at radius 2 is 1.76 bits per heavy atom. The van der Waals surface area contributed by atoms with Crippen molar-refractivity contribution in [3.8, 4) is 0 Å². The van der Waals surface area contributed by atoms with E-state index >= 15 is 0 Å². The normalized spacial score (nSPS) is 31.5. The van der Waals surface area contributed by atoms with Gasteiger partial charge in [-0.1, -0.05) is 0 Å². The molecule has 0 spiro atoms. The number of ether oxygens (including phenoxy) is 1. The van der Waals surface area contributed by atoms with Gasteiger partial charge in [-0.2, -0.15) is 0 Å². The number of carbonyl (C=O) groups excluding carboxylic acids is 2. The summed E-state index contributed by atoms with van der Waals surface area (Å²) in [7, 11) is 0. The van der Waals surface area contributed by atoms with E-state index in [0.29, 0.717) is 26.2 Å². The molecule has 2 aliphatic heterocycles. The third-order valence-electron chi connectivity index (χ3n) is 3.73. The summed E-state index contributed by atoms with van der Waals surface area (Å²) in [5.41, 5.74) is 10.7. The third-order valence-corrected chi connectivity index (χ3v) is 3.73. The summed E-state index contributed by atoms with van der Waals surface area (Å²) < 4.78 is 5.29. The van der Waals surface area contributed by atoms with Crippen LogP contribution in [0.4, 0.5) is 0 Å². The Kier molecular flexibility index (Phi) is 3.63. The van der Waals surface area contributed by atoms with Gasteiger partial charge in [-0.15, -0.1) is 0 Å². The van der Waals surface area contributed by atoms with E-state index in [1.807, 2.05) is 4.90 Å². The molecule has 2 heterocycles. The van der Waals surface area contributed by atoms with Crippen molar-refractivity contribution in [2.75, 3.05) is 19.8 Å². The summed E-state index contributed by atoms with van der Waals surface area (Å²) in [5.74, 6) is -0.957. The van der Waals surface area contributed by atoms with E-state index in [4.69, 9.17) is 16.2 Å². The van der Waals surface area contributed by atoms with Gasteiger partial charge in [0.25, 0.3) is 0 Å². The van der Waals surface area contributed by atoms with Crippen LogP contribution in [0.15, 0.2) is 0 Å². The highest BCUT2D eigenvalue weighted by molar-refractivity contribution is 5.83. The van der Waals surface area contributed by atoms with E-state index in [1.165, 1.54) is 0 Å². The summed E-state index contributed by atoms with van der Waals surface area (Å²) in [6, 6.07) is -0.0683. The molecule has 0 aliphatic carbocycles. The Hall–Kier alpha value is -1.14. The number of likely N-dealkylation sites (tertiary alicyclic amines) is 1. The van der Waals surface area contributed by atoms with Gasteiger partial charge >= 0.3 is 0 Å². The van der Waals surface area contributed by atoms with Crippen molar-refractivity contribution < 1.29 is 14.3 Å². The van der Waals surface area contributed by atoms with E-state index in [9.17, 15) is 9.59 Å². The number of nitrogens with two attached hydrogens (primary N) is 2. The van der Waals surface area contributed by atoms with Gasteiger partial charge in [0.05, 0.1) is 12.0 Å². The summed E-state index contributed by atoms with van der Waals surface area (Å²) in [4.78, 5) is 24.7. The van der Waals surface area contributed by atoms with Crippen molar-refractivity contribution in [3.63, 3.8) is 0 Å². The first-order valence-electron chi connectivity index (χ1n) is 6.01. The molecule has 2 aliphatic rings. The van der Waals surface area contributed by atoms with E-state index in [1.54, 1.807) is 0 Å². The van der Waals surface area contributed by atoms with Crippen molar-refractivity contribution in [1.82, 2.24) is 4.90 Å². The van der Waals surface area contributed by atoms with Crippen LogP contribution in [0.1, 0.15) is 19.3 Å². The summed E-state index contributed by atoms with van der Waals surface area (Å²) in [6.45, 7) is 1.95. The van der Waals surface area contributed by atoms with Gasteiger partial charge in [-0.05, 0) is 19.3 Å². The van der Waals surface area contributed by atoms with Crippen molar-refractivity contribution in [3.05, 3.63) is 0 Å². The van der Waals surface area contributed by atoms with Crippen LogP contribution in [0.2, 0.25) is 0 Å². The average molecular weight is 241 g/mol. The Bertz CT molecular complexity index is 315. The zero-order valence-electron chi connectivity index (χ0n) is 9.80. The maximum absolute atomic E-state index is 11.4. The second-order valence-corrected chi connectivity index (χ2v) is 4.79. The Labute approximate surface area is 100 Å². The number of hydrogen-bond donors (Lipinski definition) is 2.